The number of nitrogens with zero attached hydrogens (tertiary/aromatic N) is 4. The standard InChI is InChI=1S/C29H31N5O3S/c1-3-4-5-9-22-11-13-23(14-12-22)28(35)30-19-27-31-32-29(38-20-24-10-7-6-8-21(24)2)33(27)25-15-17-26(18-16-25)34(36)37/h6-8,10-18H,3-5,9,19-20H2,1-2H3,(H,30,35). The number of amides is 1. The predicted octanol–water partition coefficient (Wildman–Crippen LogP) is 6.44. The van der Waals surface area contributed by atoms with Gasteiger partial charge < -0.3 is 5.32 Å². The second-order valence-electron chi connectivity index (χ2n) is 9.06. The summed E-state index contributed by atoms with van der Waals surface area (Å²) in [6.45, 7) is 4.41. The van der Waals surface area contributed by atoms with Crippen LogP contribution < -0.4 is 5.32 Å². The molecule has 1 heterocycles. The maximum Gasteiger partial charge on any atom is 0.269 e. The average Bonchev–Trinajstić information content (AvgIpc) is 3.34. The molecule has 0 unspecified atom stereocenters. The summed E-state index contributed by atoms with van der Waals surface area (Å²) in [6.07, 6.45) is 4.53. The zero-order valence-electron chi connectivity index (χ0n) is 21.6. The highest BCUT2D eigenvalue weighted by Gasteiger charge is 2.17. The number of nitro groups is 1. The minimum Gasteiger partial charge on any atom is -0.345 e. The molecule has 0 saturated carbocycles. The molecule has 8 nitrogen and oxygen atoms in total. The minimum absolute atomic E-state index is 0.00364. The van der Waals surface area contributed by atoms with Gasteiger partial charge in [0.2, 0.25) is 0 Å². The number of thioether (sulfide) groups is 1. The number of carbonyl (C=O) groups excluding carboxylic acids is 1. The normalized spacial score (nSPS) is 10.9. The van der Waals surface area contributed by atoms with Gasteiger partial charge in [0.15, 0.2) is 11.0 Å². The first-order valence-corrected chi connectivity index (χ1v) is 13.7. The molecular formula is C29H31N5O3S. The number of unbranched alkanes of at least 4 members (excludes halogenated alkanes) is 2. The molecule has 0 bridgehead atoms. The first-order chi connectivity index (χ1) is 18.5. The van der Waals surface area contributed by atoms with Gasteiger partial charge in [0.1, 0.15) is 0 Å². The van der Waals surface area contributed by atoms with Crippen LogP contribution in [0.4, 0.5) is 5.69 Å². The van der Waals surface area contributed by atoms with Crippen molar-refractivity contribution in [3.8, 4) is 5.69 Å². The fraction of sp³-hybridized carbons (Fsp3) is 0.276. The minimum atomic E-state index is -0.431. The van der Waals surface area contributed by atoms with E-state index in [2.05, 4.69) is 41.5 Å². The number of nitrogens with one attached hydrogen (secondary N) is 1. The summed E-state index contributed by atoms with van der Waals surface area (Å²) in [7, 11) is 0. The molecule has 196 valence electrons. The molecule has 0 atom stereocenters. The van der Waals surface area contributed by atoms with Crippen LogP contribution in [0.3, 0.4) is 0 Å². The molecule has 4 rings (SSSR count). The van der Waals surface area contributed by atoms with Crippen LogP contribution in [0.1, 0.15) is 59.1 Å². The molecule has 38 heavy (non-hydrogen) atoms. The van der Waals surface area contributed by atoms with Crippen molar-refractivity contribution >= 4 is 23.4 Å². The lowest BCUT2D eigenvalue weighted by Gasteiger charge is -2.12. The molecular weight excluding hydrogens is 498 g/mol. The van der Waals surface area contributed by atoms with Crippen molar-refractivity contribution in [3.05, 3.63) is 111 Å². The van der Waals surface area contributed by atoms with Gasteiger partial charge in [0.25, 0.3) is 11.6 Å². The Bertz CT molecular complexity index is 1380. The number of hydrogen-bond acceptors (Lipinski definition) is 6. The van der Waals surface area contributed by atoms with E-state index in [1.165, 1.54) is 53.4 Å². The molecule has 0 spiro atoms. The van der Waals surface area contributed by atoms with Crippen LogP contribution in [-0.4, -0.2) is 25.6 Å². The largest absolute Gasteiger partial charge is 0.345 e. The molecule has 1 amide bonds. The summed E-state index contributed by atoms with van der Waals surface area (Å²) in [5.41, 5.74) is 4.87. The third-order valence-corrected chi connectivity index (χ3v) is 7.31. The van der Waals surface area contributed by atoms with Gasteiger partial charge in [-0.05, 0) is 60.7 Å². The van der Waals surface area contributed by atoms with Crippen LogP contribution in [0, 0.1) is 17.0 Å². The Morgan fingerprint density at radius 2 is 1.74 bits per heavy atom. The van der Waals surface area contributed by atoms with Crippen LogP contribution in [-0.2, 0) is 18.7 Å². The van der Waals surface area contributed by atoms with E-state index < -0.39 is 4.92 Å². The Labute approximate surface area is 226 Å². The molecule has 0 fully saturated rings. The van der Waals surface area contributed by atoms with E-state index in [0.717, 1.165) is 12.8 Å². The molecule has 0 aliphatic carbocycles. The number of nitro benzene ring substituents is 1. The van der Waals surface area contributed by atoms with E-state index in [9.17, 15) is 14.9 Å². The van der Waals surface area contributed by atoms with E-state index in [1.54, 1.807) is 12.1 Å². The third kappa shape index (κ3) is 6.86. The SMILES string of the molecule is CCCCCc1ccc(C(=O)NCc2nnc(SCc3ccccc3C)n2-c2ccc([N+](=O)[O-])cc2)cc1. The van der Waals surface area contributed by atoms with Crippen molar-refractivity contribution < 1.29 is 9.72 Å². The highest BCUT2D eigenvalue weighted by Crippen LogP contribution is 2.27. The topological polar surface area (TPSA) is 103 Å². The smallest absolute Gasteiger partial charge is 0.269 e. The fourth-order valence-corrected chi connectivity index (χ4v) is 5.12. The number of non-ortho nitro benzene ring substituents is 1. The van der Waals surface area contributed by atoms with E-state index in [1.807, 2.05) is 41.0 Å². The lowest BCUT2D eigenvalue weighted by Crippen LogP contribution is -2.24. The van der Waals surface area contributed by atoms with Crippen LogP contribution >= 0.6 is 11.8 Å². The summed E-state index contributed by atoms with van der Waals surface area (Å²) >= 11 is 1.52. The summed E-state index contributed by atoms with van der Waals surface area (Å²) in [5.74, 6) is 1.03. The molecule has 0 saturated heterocycles. The number of benzene rings is 3. The van der Waals surface area contributed by atoms with Crippen LogP contribution in [0.15, 0.2) is 78.0 Å². The lowest BCUT2D eigenvalue weighted by molar-refractivity contribution is -0.384. The summed E-state index contributed by atoms with van der Waals surface area (Å²) in [5, 5.41) is 23.5. The van der Waals surface area contributed by atoms with Gasteiger partial charge in [-0.15, -0.1) is 10.2 Å². The summed E-state index contributed by atoms with van der Waals surface area (Å²) in [4.78, 5) is 23.6. The molecule has 3 aromatic carbocycles. The first-order valence-electron chi connectivity index (χ1n) is 12.7. The number of hydrogen-bond donors (Lipinski definition) is 1. The van der Waals surface area contributed by atoms with E-state index >= 15 is 0 Å². The zero-order valence-corrected chi connectivity index (χ0v) is 22.4. The van der Waals surface area contributed by atoms with E-state index in [4.69, 9.17) is 0 Å². The first kappa shape index (κ1) is 27.1. The Hall–Kier alpha value is -3.98. The van der Waals surface area contributed by atoms with Gasteiger partial charge in [-0.25, -0.2) is 0 Å². The molecule has 1 N–H and O–H groups in total. The molecule has 0 aliphatic rings. The second kappa shape index (κ2) is 13.0. The lowest BCUT2D eigenvalue weighted by atomic mass is 10.1. The number of aryl methyl sites for hydroxylation is 2. The van der Waals surface area contributed by atoms with Gasteiger partial charge in [0, 0.05) is 29.1 Å². The fourth-order valence-electron chi connectivity index (χ4n) is 4.07. The van der Waals surface area contributed by atoms with Gasteiger partial charge in [-0.2, -0.15) is 0 Å². The van der Waals surface area contributed by atoms with Crippen LogP contribution in [0.25, 0.3) is 5.69 Å². The van der Waals surface area contributed by atoms with Crippen molar-refractivity contribution in [1.29, 1.82) is 0 Å². The number of rotatable bonds is 12. The van der Waals surface area contributed by atoms with Gasteiger partial charge >= 0.3 is 0 Å². The number of aromatic nitrogens is 3. The van der Waals surface area contributed by atoms with Gasteiger partial charge in [-0.3, -0.25) is 19.5 Å². The second-order valence-corrected chi connectivity index (χ2v) is 10.0. The Balaban J connectivity index is 1.51. The average molecular weight is 530 g/mol. The molecule has 0 radical (unpaired) electrons. The monoisotopic (exact) mass is 529 g/mol. The highest BCUT2D eigenvalue weighted by atomic mass is 32.2. The molecule has 9 heteroatoms. The Morgan fingerprint density at radius 3 is 2.42 bits per heavy atom. The van der Waals surface area contributed by atoms with Crippen molar-refractivity contribution in [2.24, 2.45) is 0 Å². The van der Waals surface area contributed by atoms with Crippen molar-refractivity contribution in [2.45, 2.75) is 57.0 Å². The maximum atomic E-state index is 12.9. The van der Waals surface area contributed by atoms with E-state index in [0.29, 0.717) is 28.0 Å². The molecule has 0 aliphatic heterocycles. The number of carbonyl (C=O) groups is 1. The quantitative estimate of drug-likeness (QED) is 0.0980. The van der Waals surface area contributed by atoms with Crippen LogP contribution in [0.5, 0.6) is 0 Å². The zero-order chi connectivity index (χ0) is 26.9. The Morgan fingerprint density at radius 1 is 1.00 bits per heavy atom. The van der Waals surface area contributed by atoms with Crippen molar-refractivity contribution in [2.75, 3.05) is 0 Å². The van der Waals surface area contributed by atoms with Gasteiger partial charge in [0.05, 0.1) is 11.5 Å². The Kier molecular flexibility index (Phi) is 9.26. The summed E-state index contributed by atoms with van der Waals surface area (Å²) in [6, 6.07) is 22.1. The van der Waals surface area contributed by atoms with Crippen molar-refractivity contribution in [1.82, 2.24) is 20.1 Å². The molecule has 1 aromatic heterocycles. The van der Waals surface area contributed by atoms with Crippen LogP contribution in [0.2, 0.25) is 0 Å². The maximum absolute atomic E-state index is 12.9. The van der Waals surface area contributed by atoms with Crippen molar-refractivity contribution in [3.63, 3.8) is 0 Å². The highest BCUT2D eigenvalue weighted by molar-refractivity contribution is 7.98. The summed E-state index contributed by atoms with van der Waals surface area (Å²) < 4.78 is 1.84. The molecule has 4 aromatic rings. The predicted molar refractivity (Wildman–Crippen MR) is 150 cm³/mol. The van der Waals surface area contributed by atoms with E-state index in [-0.39, 0.29) is 18.1 Å². The third-order valence-electron chi connectivity index (χ3n) is 6.33. The van der Waals surface area contributed by atoms with Gasteiger partial charge in [-0.1, -0.05) is 67.9 Å².